The Balaban J connectivity index is 1.58. The zero-order valence-corrected chi connectivity index (χ0v) is 18.6. The first kappa shape index (κ1) is 20.5. The predicted octanol–water partition coefficient (Wildman–Crippen LogP) is 4.18. The third kappa shape index (κ3) is 3.17. The number of benzene rings is 2. The molecule has 0 saturated carbocycles. The number of piperidine rings is 1. The largest absolute Gasteiger partial charge is 0.295 e. The Bertz CT molecular complexity index is 1020. The molecule has 2 aromatic carbocycles. The summed E-state index contributed by atoms with van der Waals surface area (Å²) in [5, 5.41) is -0.377. The van der Waals surface area contributed by atoms with Crippen molar-refractivity contribution in [1.82, 2.24) is 4.90 Å². The zero-order valence-electron chi connectivity index (χ0n) is 17.8. The molecule has 5 rings (SSSR count). The number of hydrogen-bond donors (Lipinski definition) is 0. The maximum Gasteiger partial charge on any atom is 0.269 e. The van der Waals surface area contributed by atoms with Crippen LogP contribution in [0, 0.1) is 11.7 Å². The molecule has 3 aliphatic rings. The summed E-state index contributed by atoms with van der Waals surface area (Å²) < 4.78 is 13.6. The fraction of sp³-hybridized carbons (Fsp3) is 0.417. The van der Waals surface area contributed by atoms with Crippen molar-refractivity contribution in [2.75, 3.05) is 29.6 Å². The van der Waals surface area contributed by atoms with Gasteiger partial charge in [-0.05, 0) is 56.0 Å². The number of anilines is 2. The van der Waals surface area contributed by atoms with Crippen LogP contribution in [0.4, 0.5) is 15.8 Å². The Morgan fingerprint density at radius 2 is 1.71 bits per heavy atom. The van der Waals surface area contributed by atoms with Crippen LogP contribution in [0.25, 0.3) is 0 Å². The van der Waals surface area contributed by atoms with Gasteiger partial charge in [-0.25, -0.2) is 4.39 Å². The maximum atomic E-state index is 14.1. The van der Waals surface area contributed by atoms with Crippen LogP contribution in [-0.4, -0.2) is 41.7 Å². The molecule has 2 fully saturated rings. The minimum absolute atomic E-state index is 0.0978. The van der Waals surface area contributed by atoms with E-state index in [4.69, 9.17) is 0 Å². The SMILES string of the molecule is CC1CCN(CN2C(=O)C3(SC(C)C(=O)N3c3ccc(F)cc3)c3ccccc32)CC1. The van der Waals surface area contributed by atoms with Crippen LogP contribution in [-0.2, 0) is 14.5 Å². The summed E-state index contributed by atoms with van der Waals surface area (Å²) in [4.78, 5) is 31.9. The molecule has 2 saturated heterocycles. The fourth-order valence-corrected chi connectivity index (χ4v) is 6.40. The van der Waals surface area contributed by atoms with E-state index in [0.717, 1.165) is 37.2 Å². The number of nitrogens with zero attached hydrogens (tertiary/aromatic N) is 3. The van der Waals surface area contributed by atoms with Gasteiger partial charge in [0, 0.05) is 24.3 Å². The van der Waals surface area contributed by atoms with Crippen LogP contribution in [0.1, 0.15) is 32.3 Å². The number of fused-ring (bicyclic) bond motifs is 2. The molecule has 2 amide bonds. The molecule has 2 atom stereocenters. The molecule has 3 heterocycles. The third-order valence-corrected chi connectivity index (χ3v) is 8.10. The van der Waals surface area contributed by atoms with Gasteiger partial charge in [0.15, 0.2) is 0 Å². The molecule has 0 bridgehead atoms. The standard InChI is InChI=1S/C24H26FN3O2S/c1-16-11-13-26(14-12-16)15-27-21-6-4-3-5-20(21)24(23(27)30)28(22(29)17(2)31-24)19-9-7-18(25)8-10-19/h3-10,16-17H,11-15H2,1-2H3. The molecular weight excluding hydrogens is 413 g/mol. The van der Waals surface area contributed by atoms with E-state index in [1.807, 2.05) is 36.1 Å². The first-order chi connectivity index (χ1) is 14.9. The Morgan fingerprint density at radius 3 is 2.42 bits per heavy atom. The second-order valence-electron chi connectivity index (χ2n) is 8.75. The van der Waals surface area contributed by atoms with Gasteiger partial charge in [0.05, 0.1) is 17.6 Å². The molecule has 0 N–H and O–H groups in total. The van der Waals surface area contributed by atoms with Gasteiger partial charge in [-0.15, -0.1) is 11.8 Å². The molecule has 5 nitrogen and oxygen atoms in total. The van der Waals surface area contributed by atoms with E-state index in [0.29, 0.717) is 18.3 Å². The van der Waals surface area contributed by atoms with E-state index in [9.17, 15) is 14.0 Å². The van der Waals surface area contributed by atoms with Gasteiger partial charge >= 0.3 is 0 Å². The fourth-order valence-electron chi connectivity index (χ4n) is 4.87. The lowest BCUT2D eigenvalue weighted by Crippen LogP contribution is -2.52. The second kappa shape index (κ2) is 7.64. The van der Waals surface area contributed by atoms with Gasteiger partial charge in [0.1, 0.15) is 5.82 Å². The van der Waals surface area contributed by atoms with Crippen molar-refractivity contribution in [1.29, 1.82) is 0 Å². The molecule has 0 radical (unpaired) electrons. The lowest BCUT2D eigenvalue weighted by molar-refractivity contribution is -0.124. The second-order valence-corrected chi connectivity index (χ2v) is 10.3. The number of thioether (sulfide) groups is 1. The Kier molecular flexibility index (Phi) is 5.06. The minimum Gasteiger partial charge on any atom is -0.295 e. The summed E-state index contributed by atoms with van der Waals surface area (Å²) >= 11 is 1.38. The molecule has 0 aromatic heterocycles. The van der Waals surface area contributed by atoms with Crippen molar-refractivity contribution < 1.29 is 14.0 Å². The average molecular weight is 440 g/mol. The van der Waals surface area contributed by atoms with Crippen LogP contribution < -0.4 is 9.80 Å². The molecule has 1 spiro atoms. The highest BCUT2D eigenvalue weighted by Crippen LogP contribution is 2.57. The van der Waals surface area contributed by atoms with Gasteiger partial charge in [-0.1, -0.05) is 25.1 Å². The molecule has 2 aromatic rings. The summed E-state index contributed by atoms with van der Waals surface area (Å²) in [7, 11) is 0. The molecule has 162 valence electrons. The van der Waals surface area contributed by atoms with Gasteiger partial charge in [-0.2, -0.15) is 0 Å². The van der Waals surface area contributed by atoms with E-state index in [1.165, 1.54) is 23.9 Å². The number of hydrogen-bond acceptors (Lipinski definition) is 4. The van der Waals surface area contributed by atoms with Crippen LogP contribution in [0.5, 0.6) is 0 Å². The zero-order chi connectivity index (χ0) is 21.8. The van der Waals surface area contributed by atoms with Gasteiger partial charge in [-0.3, -0.25) is 24.3 Å². The molecule has 3 aliphatic heterocycles. The number of amides is 2. The Hall–Kier alpha value is -2.38. The van der Waals surface area contributed by atoms with E-state index in [1.54, 1.807) is 17.0 Å². The van der Waals surface area contributed by atoms with E-state index in [-0.39, 0.29) is 22.9 Å². The van der Waals surface area contributed by atoms with Gasteiger partial charge < -0.3 is 0 Å². The molecule has 0 aliphatic carbocycles. The molecule has 31 heavy (non-hydrogen) atoms. The predicted molar refractivity (Wildman–Crippen MR) is 121 cm³/mol. The first-order valence-electron chi connectivity index (χ1n) is 10.8. The third-order valence-electron chi connectivity index (χ3n) is 6.63. The topological polar surface area (TPSA) is 43.9 Å². The summed E-state index contributed by atoms with van der Waals surface area (Å²) in [6.07, 6.45) is 2.25. The summed E-state index contributed by atoms with van der Waals surface area (Å²) in [5.74, 6) is 0.110. The maximum absolute atomic E-state index is 14.1. The van der Waals surface area contributed by atoms with Crippen LogP contribution in [0.15, 0.2) is 48.5 Å². The lowest BCUT2D eigenvalue weighted by Gasteiger charge is -2.35. The smallest absolute Gasteiger partial charge is 0.269 e. The van der Waals surface area contributed by atoms with Crippen molar-refractivity contribution in [2.24, 2.45) is 5.92 Å². The van der Waals surface area contributed by atoms with Crippen molar-refractivity contribution >= 4 is 35.0 Å². The number of rotatable bonds is 3. The van der Waals surface area contributed by atoms with E-state index >= 15 is 0 Å². The quantitative estimate of drug-likeness (QED) is 0.720. The van der Waals surface area contributed by atoms with Gasteiger partial charge in [0.2, 0.25) is 10.8 Å². The molecule has 7 heteroatoms. The summed E-state index contributed by atoms with van der Waals surface area (Å²) in [6, 6.07) is 13.6. The number of carbonyl (C=O) groups excluding carboxylic acids is 2. The van der Waals surface area contributed by atoms with E-state index in [2.05, 4.69) is 11.8 Å². The van der Waals surface area contributed by atoms with Crippen LogP contribution in [0.3, 0.4) is 0 Å². The Morgan fingerprint density at radius 1 is 1.03 bits per heavy atom. The highest BCUT2D eigenvalue weighted by molar-refractivity contribution is 8.03. The average Bonchev–Trinajstić information content (AvgIpc) is 3.17. The highest BCUT2D eigenvalue weighted by atomic mass is 32.2. The van der Waals surface area contributed by atoms with Crippen molar-refractivity contribution in [3.63, 3.8) is 0 Å². The van der Waals surface area contributed by atoms with Crippen molar-refractivity contribution in [3.8, 4) is 0 Å². The molecule has 2 unspecified atom stereocenters. The monoisotopic (exact) mass is 439 g/mol. The normalized spacial score (nSPS) is 26.9. The number of para-hydroxylation sites is 1. The van der Waals surface area contributed by atoms with Gasteiger partial charge in [0.25, 0.3) is 5.91 Å². The van der Waals surface area contributed by atoms with Crippen molar-refractivity contribution in [3.05, 3.63) is 59.9 Å². The summed E-state index contributed by atoms with van der Waals surface area (Å²) in [5.41, 5.74) is 2.23. The number of carbonyl (C=O) groups is 2. The summed E-state index contributed by atoms with van der Waals surface area (Å²) in [6.45, 7) is 6.55. The van der Waals surface area contributed by atoms with Crippen molar-refractivity contribution in [2.45, 2.75) is 36.8 Å². The molecular formula is C24H26FN3O2S. The number of halogens is 1. The Labute approximate surface area is 186 Å². The lowest BCUT2D eigenvalue weighted by atomic mass is 10.00. The highest BCUT2D eigenvalue weighted by Gasteiger charge is 2.63. The first-order valence-corrected chi connectivity index (χ1v) is 11.7. The minimum atomic E-state index is -1.16. The van der Waals surface area contributed by atoms with Crippen LogP contribution >= 0.6 is 11.8 Å². The van der Waals surface area contributed by atoms with E-state index < -0.39 is 4.87 Å². The van der Waals surface area contributed by atoms with Crippen LogP contribution in [0.2, 0.25) is 0 Å². The number of likely N-dealkylation sites (tertiary alicyclic amines) is 1.